The molecule has 1 heterocycles. The Kier molecular flexibility index (Phi) is 4.04. The molecule has 1 aliphatic heterocycles. The summed E-state index contributed by atoms with van der Waals surface area (Å²) < 4.78 is 37.1. The smallest absolute Gasteiger partial charge is 0.242 e. The maximum absolute atomic E-state index is 13.4. The van der Waals surface area contributed by atoms with Gasteiger partial charge in [0.25, 0.3) is 0 Å². The summed E-state index contributed by atoms with van der Waals surface area (Å²) >= 11 is 0. The minimum Gasteiger partial charge on any atom is -0.324 e. The van der Waals surface area contributed by atoms with Crippen molar-refractivity contribution in [3.05, 3.63) is 29.6 Å². The van der Waals surface area contributed by atoms with Crippen LogP contribution in [0, 0.1) is 17.1 Å². The summed E-state index contributed by atoms with van der Waals surface area (Å²) in [5.41, 5.74) is -0.299. The molecule has 0 bridgehead atoms. The summed E-state index contributed by atoms with van der Waals surface area (Å²) in [7, 11) is -3.46. The van der Waals surface area contributed by atoms with Crippen molar-refractivity contribution in [2.24, 2.45) is 0 Å². The molecule has 1 amide bonds. The first-order valence-electron chi connectivity index (χ1n) is 6.17. The highest BCUT2D eigenvalue weighted by Gasteiger charge is 2.35. The summed E-state index contributed by atoms with van der Waals surface area (Å²) in [6.07, 6.45) is 1.46. The average molecular weight is 296 g/mol. The molecular weight excluding hydrogens is 283 g/mol. The number of carbonyl (C=O) groups excluding carboxylic acids is 1. The van der Waals surface area contributed by atoms with Crippen LogP contribution in [0.5, 0.6) is 0 Å². The van der Waals surface area contributed by atoms with Crippen LogP contribution in [0.2, 0.25) is 0 Å². The van der Waals surface area contributed by atoms with Crippen LogP contribution in [-0.4, -0.2) is 25.3 Å². The van der Waals surface area contributed by atoms with Gasteiger partial charge >= 0.3 is 0 Å². The van der Waals surface area contributed by atoms with Gasteiger partial charge in [-0.15, -0.1) is 0 Å². The number of sulfone groups is 1. The van der Waals surface area contributed by atoms with Crippen LogP contribution in [0.15, 0.2) is 18.2 Å². The second kappa shape index (κ2) is 5.59. The summed E-state index contributed by atoms with van der Waals surface area (Å²) in [5.74, 6) is -1.47. The zero-order valence-electron chi connectivity index (χ0n) is 10.6. The van der Waals surface area contributed by atoms with Crippen molar-refractivity contribution in [3.63, 3.8) is 0 Å². The Hall–Kier alpha value is -1.94. The number of amides is 1. The van der Waals surface area contributed by atoms with Gasteiger partial charge in [0.2, 0.25) is 5.91 Å². The average Bonchev–Trinajstić information content (AvgIpc) is 2.38. The SMILES string of the molecule is N#Cc1c(F)cccc1NC(=O)C1CCCCS1(=O)=O. The second-order valence-corrected chi connectivity index (χ2v) is 6.92. The first-order valence-corrected chi connectivity index (χ1v) is 7.88. The quantitative estimate of drug-likeness (QED) is 0.898. The van der Waals surface area contributed by atoms with Crippen LogP contribution in [0.1, 0.15) is 24.8 Å². The number of halogens is 1. The van der Waals surface area contributed by atoms with E-state index in [0.29, 0.717) is 12.8 Å². The largest absolute Gasteiger partial charge is 0.324 e. The molecule has 1 unspecified atom stereocenters. The predicted molar refractivity (Wildman–Crippen MR) is 71.2 cm³/mol. The van der Waals surface area contributed by atoms with E-state index in [1.807, 2.05) is 0 Å². The molecule has 0 saturated carbocycles. The number of anilines is 1. The fourth-order valence-electron chi connectivity index (χ4n) is 2.20. The minimum absolute atomic E-state index is 0.00160. The van der Waals surface area contributed by atoms with Crippen LogP contribution < -0.4 is 5.32 Å². The molecular formula is C13H13FN2O3S. The molecule has 7 heteroatoms. The van der Waals surface area contributed by atoms with Gasteiger partial charge in [-0.2, -0.15) is 5.26 Å². The molecule has 1 aliphatic rings. The van der Waals surface area contributed by atoms with Crippen LogP contribution in [0.4, 0.5) is 10.1 Å². The van der Waals surface area contributed by atoms with Crippen LogP contribution >= 0.6 is 0 Å². The zero-order valence-corrected chi connectivity index (χ0v) is 11.4. The molecule has 5 nitrogen and oxygen atoms in total. The summed E-state index contributed by atoms with van der Waals surface area (Å²) in [5, 5.41) is 10.1. The van der Waals surface area contributed by atoms with Gasteiger partial charge in [0.15, 0.2) is 9.84 Å². The van der Waals surface area contributed by atoms with Gasteiger partial charge in [0, 0.05) is 0 Å². The van der Waals surface area contributed by atoms with Crippen molar-refractivity contribution in [1.82, 2.24) is 0 Å². The molecule has 1 N–H and O–H groups in total. The molecule has 1 aromatic rings. The topological polar surface area (TPSA) is 87.0 Å². The number of benzene rings is 1. The van der Waals surface area contributed by atoms with Gasteiger partial charge in [-0.3, -0.25) is 4.79 Å². The van der Waals surface area contributed by atoms with E-state index < -0.39 is 26.8 Å². The van der Waals surface area contributed by atoms with E-state index in [1.165, 1.54) is 12.1 Å². The predicted octanol–water partition coefficient (Wildman–Crippen LogP) is 1.60. The Morgan fingerprint density at radius 1 is 1.40 bits per heavy atom. The van der Waals surface area contributed by atoms with E-state index in [1.54, 1.807) is 6.07 Å². The van der Waals surface area contributed by atoms with Crippen molar-refractivity contribution >= 4 is 21.4 Å². The Labute approximate surface area is 116 Å². The van der Waals surface area contributed by atoms with Crippen LogP contribution in [0.3, 0.4) is 0 Å². The van der Waals surface area contributed by atoms with E-state index in [2.05, 4.69) is 5.32 Å². The third-order valence-electron chi connectivity index (χ3n) is 3.25. The standard InChI is InChI=1S/C13H13FN2O3S/c14-10-4-3-5-11(9(10)8-15)16-13(17)12-6-1-2-7-20(12,18)19/h3-5,12H,1-2,6-7H2,(H,16,17). The lowest BCUT2D eigenvalue weighted by Gasteiger charge is -2.21. The Morgan fingerprint density at radius 2 is 2.15 bits per heavy atom. The van der Waals surface area contributed by atoms with Crippen LogP contribution in [-0.2, 0) is 14.6 Å². The van der Waals surface area contributed by atoms with Crippen molar-refractivity contribution in [3.8, 4) is 6.07 Å². The number of nitriles is 1. The molecule has 2 rings (SSSR count). The second-order valence-electron chi connectivity index (χ2n) is 4.61. The Morgan fingerprint density at radius 3 is 2.80 bits per heavy atom. The van der Waals surface area contributed by atoms with Gasteiger partial charge in [0.1, 0.15) is 22.7 Å². The van der Waals surface area contributed by atoms with E-state index >= 15 is 0 Å². The number of nitrogens with one attached hydrogen (secondary N) is 1. The van der Waals surface area contributed by atoms with Crippen molar-refractivity contribution in [1.29, 1.82) is 5.26 Å². The number of nitrogens with zero attached hydrogens (tertiary/aromatic N) is 1. The van der Waals surface area contributed by atoms with Crippen molar-refractivity contribution in [2.75, 3.05) is 11.1 Å². The lowest BCUT2D eigenvalue weighted by atomic mass is 10.1. The number of hydrogen-bond donors (Lipinski definition) is 1. The number of rotatable bonds is 2. The van der Waals surface area contributed by atoms with E-state index in [-0.39, 0.29) is 23.4 Å². The lowest BCUT2D eigenvalue weighted by molar-refractivity contribution is -0.116. The van der Waals surface area contributed by atoms with Gasteiger partial charge in [-0.1, -0.05) is 12.5 Å². The zero-order chi connectivity index (χ0) is 14.8. The van der Waals surface area contributed by atoms with Crippen molar-refractivity contribution < 1.29 is 17.6 Å². The third kappa shape index (κ3) is 2.80. The Balaban J connectivity index is 2.25. The van der Waals surface area contributed by atoms with Gasteiger partial charge in [-0.05, 0) is 25.0 Å². The molecule has 1 atom stereocenters. The van der Waals surface area contributed by atoms with E-state index in [0.717, 1.165) is 6.07 Å². The molecule has 0 aliphatic carbocycles. The molecule has 0 spiro atoms. The molecule has 1 aromatic carbocycles. The molecule has 1 saturated heterocycles. The highest BCUT2D eigenvalue weighted by Crippen LogP contribution is 2.23. The van der Waals surface area contributed by atoms with Crippen molar-refractivity contribution in [2.45, 2.75) is 24.5 Å². The molecule has 0 radical (unpaired) electrons. The first-order chi connectivity index (χ1) is 9.45. The molecule has 20 heavy (non-hydrogen) atoms. The van der Waals surface area contributed by atoms with Gasteiger partial charge in [-0.25, -0.2) is 12.8 Å². The van der Waals surface area contributed by atoms with Crippen LogP contribution in [0.25, 0.3) is 0 Å². The number of hydrogen-bond acceptors (Lipinski definition) is 4. The summed E-state index contributed by atoms with van der Waals surface area (Å²) in [6, 6.07) is 5.47. The lowest BCUT2D eigenvalue weighted by Crippen LogP contribution is -2.39. The third-order valence-corrected chi connectivity index (χ3v) is 5.43. The molecule has 1 fully saturated rings. The number of carbonyl (C=O) groups is 1. The van der Waals surface area contributed by atoms with Gasteiger partial charge < -0.3 is 5.32 Å². The monoisotopic (exact) mass is 296 g/mol. The molecule has 0 aromatic heterocycles. The summed E-state index contributed by atoms with van der Waals surface area (Å²) in [4.78, 5) is 12.0. The maximum Gasteiger partial charge on any atom is 0.242 e. The minimum atomic E-state index is -3.46. The van der Waals surface area contributed by atoms with Gasteiger partial charge in [0.05, 0.1) is 11.4 Å². The first kappa shape index (κ1) is 14.5. The fraction of sp³-hybridized carbons (Fsp3) is 0.385. The Bertz CT molecular complexity index is 679. The highest BCUT2D eigenvalue weighted by molar-refractivity contribution is 7.92. The fourth-order valence-corrected chi connectivity index (χ4v) is 4.01. The summed E-state index contributed by atoms with van der Waals surface area (Å²) in [6.45, 7) is 0. The maximum atomic E-state index is 13.4. The normalized spacial score (nSPS) is 20.9. The highest BCUT2D eigenvalue weighted by atomic mass is 32.2. The van der Waals surface area contributed by atoms with E-state index in [9.17, 15) is 17.6 Å². The van der Waals surface area contributed by atoms with E-state index in [4.69, 9.17) is 5.26 Å². The molecule has 106 valence electrons.